The Morgan fingerprint density at radius 1 is 1.40 bits per heavy atom. The minimum Gasteiger partial charge on any atom is -0.492 e. The molecule has 1 aromatic rings. The van der Waals surface area contributed by atoms with Crippen molar-refractivity contribution in [3.05, 3.63) is 28.8 Å². The van der Waals surface area contributed by atoms with E-state index in [0.29, 0.717) is 17.4 Å². The van der Waals surface area contributed by atoms with E-state index in [1.165, 1.54) is 0 Å². The molecule has 0 aliphatic carbocycles. The van der Waals surface area contributed by atoms with Crippen molar-refractivity contribution in [2.24, 2.45) is 0 Å². The van der Waals surface area contributed by atoms with Crippen LogP contribution in [0.4, 0.5) is 0 Å². The Kier molecular flexibility index (Phi) is 4.92. The van der Waals surface area contributed by atoms with Crippen LogP contribution in [0.15, 0.2) is 18.2 Å². The highest BCUT2D eigenvalue weighted by Gasteiger charge is 2.09. The van der Waals surface area contributed by atoms with Crippen molar-refractivity contribution in [3.8, 4) is 5.75 Å². The summed E-state index contributed by atoms with van der Waals surface area (Å²) < 4.78 is 5.32. The van der Waals surface area contributed by atoms with Gasteiger partial charge in [-0.25, -0.2) is 0 Å². The molecule has 3 heteroatoms. The van der Waals surface area contributed by atoms with Crippen LogP contribution in [0.25, 0.3) is 0 Å². The summed E-state index contributed by atoms with van der Waals surface area (Å²) in [6.45, 7) is 4.55. The van der Waals surface area contributed by atoms with E-state index >= 15 is 0 Å². The van der Waals surface area contributed by atoms with E-state index in [9.17, 15) is 5.11 Å². The lowest BCUT2D eigenvalue weighted by Gasteiger charge is -2.12. The van der Waals surface area contributed by atoms with E-state index in [4.69, 9.17) is 16.3 Å². The lowest BCUT2D eigenvalue weighted by atomic mass is 10.1. The second kappa shape index (κ2) is 5.99. The predicted molar refractivity (Wildman–Crippen MR) is 62.5 cm³/mol. The van der Waals surface area contributed by atoms with Crippen LogP contribution < -0.4 is 4.74 Å². The van der Waals surface area contributed by atoms with Gasteiger partial charge in [-0.3, -0.25) is 0 Å². The molecular formula is C12H17ClO2. The van der Waals surface area contributed by atoms with Crippen LogP contribution in [-0.4, -0.2) is 11.7 Å². The summed E-state index contributed by atoms with van der Waals surface area (Å²) in [4.78, 5) is 0. The molecule has 0 radical (unpaired) electrons. The van der Waals surface area contributed by atoms with E-state index in [2.05, 4.69) is 0 Å². The van der Waals surface area contributed by atoms with Crippen LogP contribution in [-0.2, 0) is 0 Å². The van der Waals surface area contributed by atoms with Crippen LogP contribution in [0.3, 0.4) is 0 Å². The van der Waals surface area contributed by atoms with Gasteiger partial charge in [-0.05, 0) is 31.0 Å². The summed E-state index contributed by atoms with van der Waals surface area (Å²) >= 11 is 6.02. The van der Waals surface area contributed by atoms with Gasteiger partial charge in [0.05, 0.1) is 17.7 Å². The van der Waals surface area contributed by atoms with Crippen LogP contribution in [0, 0.1) is 0 Å². The Morgan fingerprint density at radius 3 is 2.67 bits per heavy atom. The number of ether oxygens (including phenoxy) is 1. The van der Waals surface area contributed by atoms with E-state index < -0.39 is 6.10 Å². The number of hydrogen-bond donors (Lipinski definition) is 1. The smallest absolute Gasteiger partial charge is 0.137 e. The molecule has 0 aliphatic heterocycles. The van der Waals surface area contributed by atoms with E-state index in [1.54, 1.807) is 12.1 Å². The fourth-order valence-electron chi connectivity index (χ4n) is 1.44. The minimum absolute atomic E-state index is 0.428. The van der Waals surface area contributed by atoms with Gasteiger partial charge < -0.3 is 9.84 Å². The van der Waals surface area contributed by atoms with Crippen molar-refractivity contribution >= 4 is 11.6 Å². The van der Waals surface area contributed by atoms with Crippen molar-refractivity contribution in [1.29, 1.82) is 0 Å². The van der Waals surface area contributed by atoms with E-state index in [-0.39, 0.29) is 0 Å². The first kappa shape index (κ1) is 12.3. The summed E-state index contributed by atoms with van der Waals surface area (Å²) in [6, 6.07) is 5.43. The maximum absolute atomic E-state index is 9.77. The van der Waals surface area contributed by atoms with Crippen LogP contribution >= 0.6 is 11.6 Å². The van der Waals surface area contributed by atoms with Gasteiger partial charge in [0.25, 0.3) is 0 Å². The number of rotatable bonds is 5. The topological polar surface area (TPSA) is 29.5 Å². The van der Waals surface area contributed by atoms with Gasteiger partial charge in [0.1, 0.15) is 5.75 Å². The molecule has 0 amide bonds. The zero-order valence-corrected chi connectivity index (χ0v) is 9.92. The summed E-state index contributed by atoms with van der Waals surface area (Å²) in [5.74, 6) is 0.673. The molecule has 15 heavy (non-hydrogen) atoms. The highest BCUT2D eigenvalue weighted by atomic mass is 35.5. The molecule has 1 N–H and O–H groups in total. The first-order valence-corrected chi connectivity index (χ1v) is 5.67. The SMILES string of the molecule is CCCC(O)c1ccc(OCC)c(Cl)c1. The molecule has 0 heterocycles. The van der Waals surface area contributed by atoms with Crippen LogP contribution in [0.2, 0.25) is 5.02 Å². The van der Waals surface area contributed by atoms with Gasteiger partial charge in [-0.15, -0.1) is 0 Å². The van der Waals surface area contributed by atoms with Gasteiger partial charge in [0, 0.05) is 0 Å². The second-order valence-electron chi connectivity index (χ2n) is 3.43. The van der Waals surface area contributed by atoms with Crippen LogP contribution in [0.5, 0.6) is 5.75 Å². The molecule has 2 nitrogen and oxygen atoms in total. The maximum atomic E-state index is 9.77. The molecule has 0 aromatic heterocycles. The molecule has 0 bridgehead atoms. The molecule has 1 rings (SSSR count). The molecule has 0 fully saturated rings. The molecule has 0 aliphatic rings. The number of aliphatic hydroxyl groups is 1. The molecule has 84 valence electrons. The van der Waals surface area contributed by atoms with Crippen molar-refractivity contribution in [2.75, 3.05) is 6.61 Å². The summed E-state index contributed by atoms with van der Waals surface area (Å²) in [6.07, 6.45) is 1.28. The Labute approximate surface area is 95.8 Å². The number of halogens is 1. The third-order valence-electron chi connectivity index (χ3n) is 2.20. The lowest BCUT2D eigenvalue weighted by Crippen LogP contribution is -1.98. The van der Waals surface area contributed by atoms with E-state index in [0.717, 1.165) is 18.4 Å². The monoisotopic (exact) mass is 228 g/mol. The average molecular weight is 229 g/mol. The number of hydrogen-bond acceptors (Lipinski definition) is 2. The van der Waals surface area contributed by atoms with E-state index in [1.807, 2.05) is 19.9 Å². The van der Waals surface area contributed by atoms with Gasteiger partial charge in [-0.1, -0.05) is 31.0 Å². The summed E-state index contributed by atoms with van der Waals surface area (Å²) in [7, 11) is 0. The third kappa shape index (κ3) is 3.40. The zero-order chi connectivity index (χ0) is 11.3. The van der Waals surface area contributed by atoms with Gasteiger partial charge in [0.2, 0.25) is 0 Å². The third-order valence-corrected chi connectivity index (χ3v) is 2.50. The van der Waals surface area contributed by atoms with Crippen LogP contribution in [0.1, 0.15) is 38.4 Å². The van der Waals surface area contributed by atoms with Crippen molar-refractivity contribution in [3.63, 3.8) is 0 Å². The minimum atomic E-state index is -0.428. The Hall–Kier alpha value is -0.730. The molecule has 1 aromatic carbocycles. The highest BCUT2D eigenvalue weighted by Crippen LogP contribution is 2.29. The maximum Gasteiger partial charge on any atom is 0.137 e. The second-order valence-corrected chi connectivity index (χ2v) is 3.83. The van der Waals surface area contributed by atoms with Gasteiger partial charge >= 0.3 is 0 Å². The van der Waals surface area contributed by atoms with Gasteiger partial charge in [-0.2, -0.15) is 0 Å². The normalized spacial score (nSPS) is 12.5. The Bertz CT molecular complexity index is 312. The predicted octanol–water partition coefficient (Wildman–Crippen LogP) is 3.57. The van der Waals surface area contributed by atoms with Crippen molar-refractivity contribution < 1.29 is 9.84 Å². The quantitative estimate of drug-likeness (QED) is 0.835. The first-order valence-electron chi connectivity index (χ1n) is 5.29. The molecule has 1 atom stereocenters. The summed E-state index contributed by atoms with van der Waals surface area (Å²) in [5, 5.41) is 10.3. The fourth-order valence-corrected chi connectivity index (χ4v) is 1.68. The molecule has 0 spiro atoms. The van der Waals surface area contributed by atoms with Gasteiger partial charge in [0.15, 0.2) is 0 Å². The highest BCUT2D eigenvalue weighted by molar-refractivity contribution is 6.32. The Morgan fingerprint density at radius 2 is 2.13 bits per heavy atom. The van der Waals surface area contributed by atoms with Crippen molar-refractivity contribution in [1.82, 2.24) is 0 Å². The standard InChI is InChI=1S/C12H17ClO2/c1-3-5-11(14)9-6-7-12(15-4-2)10(13)8-9/h6-8,11,14H,3-5H2,1-2H3. The molecule has 0 saturated heterocycles. The first-order chi connectivity index (χ1) is 7.19. The lowest BCUT2D eigenvalue weighted by molar-refractivity contribution is 0.166. The van der Waals surface area contributed by atoms with Crippen molar-refractivity contribution in [2.45, 2.75) is 32.8 Å². The Balaban J connectivity index is 2.81. The largest absolute Gasteiger partial charge is 0.492 e. The molecule has 1 unspecified atom stereocenters. The number of benzene rings is 1. The zero-order valence-electron chi connectivity index (χ0n) is 9.16. The summed E-state index contributed by atoms with van der Waals surface area (Å²) in [5.41, 5.74) is 0.852. The molecular weight excluding hydrogens is 212 g/mol. The average Bonchev–Trinajstić information content (AvgIpc) is 2.21. The number of aliphatic hydroxyl groups excluding tert-OH is 1. The molecule has 0 saturated carbocycles. The fraction of sp³-hybridized carbons (Fsp3) is 0.500.